The van der Waals surface area contributed by atoms with Gasteiger partial charge in [-0.05, 0) is 19.8 Å². The third-order valence-corrected chi connectivity index (χ3v) is 2.69. The van der Waals surface area contributed by atoms with Gasteiger partial charge in [-0.1, -0.05) is 0 Å². The number of rotatable bonds is 6. The second-order valence-corrected chi connectivity index (χ2v) is 3.66. The van der Waals surface area contributed by atoms with E-state index in [2.05, 4.69) is 10.5 Å². The van der Waals surface area contributed by atoms with Crippen molar-refractivity contribution in [2.75, 3.05) is 13.7 Å². The molecule has 1 aromatic rings. The van der Waals surface area contributed by atoms with Gasteiger partial charge in [-0.3, -0.25) is 16.0 Å². The zero-order chi connectivity index (χ0) is 11.3. The number of hydrogen-bond donors (Lipinski definition) is 2. The van der Waals surface area contributed by atoms with Gasteiger partial charge in [-0.15, -0.1) is 0 Å². The topological polar surface area (TPSA) is 65.1 Å². The molecule has 1 heterocycles. The van der Waals surface area contributed by atoms with Gasteiger partial charge in [0, 0.05) is 38.1 Å². The first kappa shape index (κ1) is 12.2. The molecule has 1 rings (SSSR count). The highest BCUT2D eigenvalue weighted by Crippen LogP contribution is 2.20. The first-order valence-electron chi connectivity index (χ1n) is 5.14. The van der Waals surface area contributed by atoms with E-state index < -0.39 is 0 Å². The van der Waals surface area contributed by atoms with Crippen molar-refractivity contribution >= 4 is 0 Å². The fraction of sp³-hybridized carbons (Fsp3) is 0.700. The van der Waals surface area contributed by atoms with Crippen LogP contribution in [0.15, 0.2) is 6.20 Å². The van der Waals surface area contributed by atoms with Gasteiger partial charge < -0.3 is 4.74 Å². The minimum absolute atomic E-state index is 0.161. The van der Waals surface area contributed by atoms with E-state index >= 15 is 0 Å². The molecule has 1 unspecified atom stereocenters. The van der Waals surface area contributed by atoms with Crippen LogP contribution in [0.1, 0.15) is 30.1 Å². The smallest absolute Gasteiger partial charge is 0.0540 e. The Morgan fingerprint density at radius 3 is 2.87 bits per heavy atom. The van der Waals surface area contributed by atoms with Crippen molar-refractivity contribution in [1.82, 2.24) is 15.2 Å². The molecule has 0 saturated carbocycles. The third kappa shape index (κ3) is 3.02. The molecule has 0 radical (unpaired) electrons. The fourth-order valence-electron chi connectivity index (χ4n) is 1.62. The van der Waals surface area contributed by atoms with Gasteiger partial charge in [0.2, 0.25) is 0 Å². The highest BCUT2D eigenvalue weighted by molar-refractivity contribution is 5.20. The molecule has 1 atom stereocenters. The third-order valence-electron chi connectivity index (χ3n) is 2.69. The molecule has 0 saturated heterocycles. The van der Waals surface area contributed by atoms with Crippen molar-refractivity contribution in [3.8, 4) is 0 Å². The summed E-state index contributed by atoms with van der Waals surface area (Å²) in [4.78, 5) is 0. The number of hydrazine groups is 1. The highest BCUT2D eigenvalue weighted by Gasteiger charge is 2.14. The Morgan fingerprint density at radius 1 is 1.67 bits per heavy atom. The lowest BCUT2D eigenvalue weighted by Gasteiger charge is -2.15. The zero-order valence-electron chi connectivity index (χ0n) is 9.66. The van der Waals surface area contributed by atoms with Crippen LogP contribution in [0.25, 0.3) is 0 Å². The maximum absolute atomic E-state index is 5.54. The minimum atomic E-state index is 0.161. The SMILES string of the molecule is COCCCC(NN)c1cnn(C)c1C. The Balaban J connectivity index is 2.61. The molecule has 5 nitrogen and oxygen atoms in total. The number of nitrogens with zero attached hydrogens (tertiary/aromatic N) is 2. The normalized spacial score (nSPS) is 13.1. The van der Waals surface area contributed by atoms with E-state index in [9.17, 15) is 0 Å². The molecule has 1 aromatic heterocycles. The number of aryl methyl sites for hydroxylation is 1. The van der Waals surface area contributed by atoms with Gasteiger partial charge in [0.05, 0.1) is 6.20 Å². The summed E-state index contributed by atoms with van der Waals surface area (Å²) in [6.07, 6.45) is 3.81. The maximum Gasteiger partial charge on any atom is 0.0540 e. The van der Waals surface area contributed by atoms with Crippen LogP contribution >= 0.6 is 0 Å². The van der Waals surface area contributed by atoms with Crippen LogP contribution < -0.4 is 11.3 Å². The zero-order valence-corrected chi connectivity index (χ0v) is 9.66. The predicted molar refractivity (Wildman–Crippen MR) is 59.1 cm³/mol. The van der Waals surface area contributed by atoms with Gasteiger partial charge in [0.15, 0.2) is 0 Å². The number of nitrogens with one attached hydrogen (secondary N) is 1. The number of aromatic nitrogens is 2. The molecule has 0 amide bonds. The summed E-state index contributed by atoms with van der Waals surface area (Å²) in [5, 5.41) is 4.20. The van der Waals surface area contributed by atoms with Gasteiger partial charge in [-0.2, -0.15) is 5.10 Å². The van der Waals surface area contributed by atoms with Crippen molar-refractivity contribution in [2.45, 2.75) is 25.8 Å². The van der Waals surface area contributed by atoms with Crippen molar-refractivity contribution < 1.29 is 4.74 Å². The summed E-state index contributed by atoms with van der Waals surface area (Å²) in [7, 11) is 3.64. The first-order chi connectivity index (χ1) is 7.20. The molecule has 0 fully saturated rings. The second kappa shape index (κ2) is 5.85. The molecule has 0 bridgehead atoms. The molecule has 0 aliphatic heterocycles. The van der Waals surface area contributed by atoms with Gasteiger partial charge in [-0.25, -0.2) is 0 Å². The van der Waals surface area contributed by atoms with E-state index in [0.29, 0.717) is 0 Å². The van der Waals surface area contributed by atoms with Crippen LogP contribution in [0.4, 0.5) is 0 Å². The Bertz CT molecular complexity index is 298. The van der Waals surface area contributed by atoms with E-state index in [-0.39, 0.29) is 6.04 Å². The molecular weight excluding hydrogens is 192 g/mol. The van der Waals surface area contributed by atoms with E-state index in [4.69, 9.17) is 10.6 Å². The first-order valence-corrected chi connectivity index (χ1v) is 5.14. The van der Waals surface area contributed by atoms with E-state index in [1.54, 1.807) is 7.11 Å². The lowest BCUT2D eigenvalue weighted by molar-refractivity contribution is 0.188. The summed E-state index contributed by atoms with van der Waals surface area (Å²) in [6.45, 7) is 2.81. The predicted octanol–water partition coefficient (Wildman–Crippen LogP) is 0.660. The van der Waals surface area contributed by atoms with Crippen LogP contribution in [0.3, 0.4) is 0 Å². The Morgan fingerprint density at radius 2 is 2.40 bits per heavy atom. The lowest BCUT2D eigenvalue weighted by Crippen LogP contribution is -2.28. The molecule has 0 aliphatic carbocycles. The minimum Gasteiger partial charge on any atom is -0.385 e. The quantitative estimate of drug-likeness (QED) is 0.413. The van der Waals surface area contributed by atoms with E-state index in [0.717, 1.165) is 30.7 Å². The summed E-state index contributed by atoms with van der Waals surface area (Å²) in [5.74, 6) is 5.54. The monoisotopic (exact) mass is 212 g/mol. The van der Waals surface area contributed by atoms with Crippen LogP contribution in [-0.2, 0) is 11.8 Å². The van der Waals surface area contributed by atoms with Crippen molar-refractivity contribution in [3.63, 3.8) is 0 Å². The molecule has 5 heteroatoms. The number of ether oxygens (including phenoxy) is 1. The summed E-state index contributed by atoms with van der Waals surface area (Å²) < 4.78 is 6.88. The largest absolute Gasteiger partial charge is 0.385 e. The number of methoxy groups -OCH3 is 1. The molecule has 3 N–H and O–H groups in total. The van der Waals surface area contributed by atoms with E-state index in [1.165, 1.54) is 0 Å². The van der Waals surface area contributed by atoms with Crippen LogP contribution in [-0.4, -0.2) is 23.5 Å². The number of nitrogens with two attached hydrogens (primary N) is 1. The molecule has 0 aromatic carbocycles. The average molecular weight is 212 g/mol. The Hall–Kier alpha value is -0.910. The molecule has 0 aliphatic rings. The summed E-state index contributed by atoms with van der Waals surface area (Å²) in [5.41, 5.74) is 5.13. The molecule has 0 spiro atoms. The number of hydrogen-bond acceptors (Lipinski definition) is 4. The van der Waals surface area contributed by atoms with Crippen LogP contribution in [0.2, 0.25) is 0 Å². The molecule has 15 heavy (non-hydrogen) atoms. The second-order valence-electron chi connectivity index (χ2n) is 3.66. The standard InChI is InChI=1S/C10H20N4O/c1-8-9(7-12-14(8)2)10(13-11)5-4-6-15-3/h7,10,13H,4-6,11H2,1-3H3. The highest BCUT2D eigenvalue weighted by atomic mass is 16.5. The Labute approximate surface area is 90.6 Å². The van der Waals surface area contributed by atoms with Gasteiger partial charge in [0.25, 0.3) is 0 Å². The maximum atomic E-state index is 5.54. The van der Waals surface area contributed by atoms with Gasteiger partial charge in [0.1, 0.15) is 0 Å². The van der Waals surface area contributed by atoms with Crippen LogP contribution in [0, 0.1) is 6.92 Å². The Kier molecular flexibility index (Phi) is 4.74. The summed E-state index contributed by atoms with van der Waals surface area (Å²) in [6, 6.07) is 0.161. The summed E-state index contributed by atoms with van der Waals surface area (Å²) >= 11 is 0. The van der Waals surface area contributed by atoms with Crippen molar-refractivity contribution in [3.05, 3.63) is 17.5 Å². The molecule has 86 valence electrons. The van der Waals surface area contributed by atoms with Crippen molar-refractivity contribution in [2.24, 2.45) is 12.9 Å². The van der Waals surface area contributed by atoms with E-state index in [1.807, 2.05) is 24.9 Å². The van der Waals surface area contributed by atoms with Crippen LogP contribution in [0.5, 0.6) is 0 Å². The van der Waals surface area contributed by atoms with Gasteiger partial charge >= 0.3 is 0 Å². The lowest BCUT2D eigenvalue weighted by atomic mass is 10.0. The average Bonchev–Trinajstić information content (AvgIpc) is 2.56. The van der Waals surface area contributed by atoms with Crippen molar-refractivity contribution in [1.29, 1.82) is 0 Å². The molecular formula is C10H20N4O. The fourth-order valence-corrected chi connectivity index (χ4v) is 1.62.